The van der Waals surface area contributed by atoms with Gasteiger partial charge in [-0.05, 0) is 42.7 Å². The molecule has 1 aromatic carbocycles. The second kappa shape index (κ2) is 6.43. The Morgan fingerprint density at radius 2 is 2.00 bits per heavy atom. The van der Waals surface area contributed by atoms with E-state index < -0.39 is 0 Å². The van der Waals surface area contributed by atoms with Crippen molar-refractivity contribution in [1.29, 1.82) is 0 Å². The average Bonchev–Trinajstić information content (AvgIpc) is 2.43. The fourth-order valence-corrected chi connectivity index (χ4v) is 1.65. The highest BCUT2D eigenvalue weighted by atomic mass is 19.1. The number of anilines is 1. The van der Waals surface area contributed by atoms with Crippen LogP contribution in [0.5, 0.6) is 17.5 Å². The SMILES string of the molecule is Cc1cc(Oc2ccc(N)c(OCC(C)C)n2)ccc1F. The summed E-state index contributed by atoms with van der Waals surface area (Å²) in [7, 11) is 0. The van der Waals surface area contributed by atoms with Crippen LogP contribution >= 0.6 is 0 Å². The summed E-state index contributed by atoms with van der Waals surface area (Å²) in [4.78, 5) is 4.23. The van der Waals surface area contributed by atoms with Gasteiger partial charge in [0.1, 0.15) is 11.6 Å². The normalized spacial score (nSPS) is 10.7. The van der Waals surface area contributed by atoms with E-state index >= 15 is 0 Å². The zero-order chi connectivity index (χ0) is 15.4. The molecule has 4 nitrogen and oxygen atoms in total. The molecule has 1 aromatic heterocycles. The van der Waals surface area contributed by atoms with Gasteiger partial charge in [-0.1, -0.05) is 13.8 Å². The third-order valence-electron chi connectivity index (χ3n) is 2.77. The molecule has 0 bridgehead atoms. The summed E-state index contributed by atoms with van der Waals surface area (Å²) in [6, 6.07) is 7.85. The van der Waals surface area contributed by atoms with Crippen LogP contribution in [0.1, 0.15) is 19.4 Å². The molecule has 5 heteroatoms. The Labute approximate surface area is 123 Å². The number of pyridine rings is 1. The molecule has 2 rings (SSSR count). The van der Waals surface area contributed by atoms with E-state index in [1.165, 1.54) is 6.07 Å². The molecule has 0 spiro atoms. The first-order valence-electron chi connectivity index (χ1n) is 6.79. The van der Waals surface area contributed by atoms with Crippen molar-refractivity contribution in [2.75, 3.05) is 12.3 Å². The van der Waals surface area contributed by atoms with E-state index in [2.05, 4.69) is 4.98 Å². The first-order chi connectivity index (χ1) is 9.95. The van der Waals surface area contributed by atoms with Crippen LogP contribution in [0.15, 0.2) is 30.3 Å². The van der Waals surface area contributed by atoms with Crippen LogP contribution in [0.4, 0.5) is 10.1 Å². The Bertz CT molecular complexity index is 630. The number of halogens is 1. The first kappa shape index (κ1) is 15.1. The van der Waals surface area contributed by atoms with Crippen LogP contribution in [-0.2, 0) is 0 Å². The Morgan fingerprint density at radius 3 is 2.67 bits per heavy atom. The molecule has 2 N–H and O–H groups in total. The van der Waals surface area contributed by atoms with E-state index in [-0.39, 0.29) is 5.82 Å². The maximum absolute atomic E-state index is 13.2. The lowest BCUT2D eigenvalue weighted by Crippen LogP contribution is -2.07. The molecule has 0 unspecified atom stereocenters. The molecule has 0 saturated carbocycles. The van der Waals surface area contributed by atoms with Crippen LogP contribution < -0.4 is 15.2 Å². The van der Waals surface area contributed by atoms with E-state index in [4.69, 9.17) is 15.2 Å². The summed E-state index contributed by atoms with van der Waals surface area (Å²) in [6.07, 6.45) is 0. The summed E-state index contributed by atoms with van der Waals surface area (Å²) in [5, 5.41) is 0. The highest BCUT2D eigenvalue weighted by Gasteiger charge is 2.08. The Kier molecular flexibility index (Phi) is 4.62. The van der Waals surface area contributed by atoms with Crippen molar-refractivity contribution in [3.05, 3.63) is 41.7 Å². The third-order valence-corrected chi connectivity index (χ3v) is 2.77. The zero-order valence-electron chi connectivity index (χ0n) is 12.4. The summed E-state index contributed by atoms with van der Waals surface area (Å²) < 4.78 is 24.4. The van der Waals surface area contributed by atoms with Crippen LogP contribution in [0, 0.1) is 18.7 Å². The van der Waals surface area contributed by atoms with Gasteiger partial charge in [0.25, 0.3) is 0 Å². The maximum atomic E-state index is 13.2. The van der Waals surface area contributed by atoms with Gasteiger partial charge >= 0.3 is 0 Å². The summed E-state index contributed by atoms with van der Waals surface area (Å²) >= 11 is 0. The Hall–Kier alpha value is -2.30. The molecule has 1 heterocycles. The molecule has 0 amide bonds. The topological polar surface area (TPSA) is 57.4 Å². The smallest absolute Gasteiger partial charge is 0.240 e. The number of hydrogen-bond acceptors (Lipinski definition) is 4. The number of hydrogen-bond donors (Lipinski definition) is 1. The monoisotopic (exact) mass is 290 g/mol. The third kappa shape index (κ3) is 4.08. The van der Waals surface area contributed by atoms with Gasteiger partial charge < -0.3 is 15.2 Å². The van der Waals surface area contributed by atoms with Crippen molar-refractivity contribution in [2.24, 2.45) is 5.92 Å². The van der Waals surface area contributed by atoms with Gasteiger partial charge in [0.2, 0.25) is 11.8 Å². The van der Waals surface area contributed by atoms with Crippen molar-refractivity contribution >= 4 is 5.69 Å². The molecule has 0 atom stereocenters. The quantitative estimate of drug-likeness (QED) is 0.906. The van der Waals surface area contributed by atoms with Crippen molar-refractivity contribution in [1.82, 2.24) is 4.98 Å². The predicted octanol–water partition coefficient (Wildman–Crippen LogP) is 3.94. The van der Waals surface area contributed by atoms with E-state index in [0.29, 0.717) is 41.3 Å². The van der Waals surface area contributed by atoms with Gasteiger partial charge in [0, 0.05) is 6.07 Å². The number of rotatable bonds is 5. The van der Waals surface area contributed by atoms with Crippen LogP contribution in [-0.4, -0.2) is 11.6 Å². The number of nitrogens with two attached hydrogens (primary N) is 1. The number of ether oxygens (including phenoxy) is 2. The molecule has 21 heavy (non-hydrogen) atoms. The Balaban J connectivity index is 2.16. The van der Waals surface area contributed by atoms with Crippen LogP contribution in [0.25, 0.3) is 0 Å². The Morgan fingerprint density at radius 1 is 1.24 bits per heavy atom. The molecular formula is C16H19FN2O2. The van der Waals surface area contributed by atoms with Crippen LogP contribution in [0.2, 0.25) is 0 Å². The van der Waals surface area contributed by atoms with Crippen molar-refractivity contribution < 1.29 is 13.9 Å². The molecule has 2 aromatic rings. The first-order valence-corrected chi connectivity index (χ1v) is 6.79. The highest BCUT2D eigenvalue weighted by Crippen LogP contribution is 2.27. The second-order valence-corrected chi connectivity index (χ2v) is 5.26. The van der Waals surface area contributed by atoms with E-state index in [1.807, 2.05) is 13.8 Å². The number of benzene rings is 1. The molecule has 112 valence electrons. The van der Waals surface area contributed by atoms with E-state index in [0.717, 1.165) is 0 Å². The number of aryl methyl sites for hydroxylation is 1. The average molecular weight is 290 g/mol. The summed E-state index contributed by atoms with van der Waals surface area (Å²) in [6.45, 7) is 6.28. The van der Waals surface area contributed by atoms with Gasteiger partial charge in [-0.2, -0.15) is 4.98 Å². The largest absolute Gasteiger partial charge is 0.476 e. The zero-order valence-corrected chi connectivity index (χ0v) is 12.4. The van der Waals surface area contributed by atoms with Crippen molar-refractivity contribution in [3.63, 3.8) is 0 Å². The molecule has 0 aliphatic carbocycles. The number of nitrogen functional groups attached to an aromatic ring is 1. The summed E-state index contributed by atoms with van der Waals surface area (Å²) in [5.41, 5.74) is 6.79. The lowest BCUT2D eigenvalue weighted by Gasteiger charge is -2.12. The van der Waals surface area contributed by atoms with E-state index in [9.17, 15) is 4.39 Å². The van der Waals surface area contributed by atoms with Gasteiger partial charge in [0.05, 0.1) is 12.3 Å². The van der Waals surface area contributed by atoms with Crippen molar-refractivity contribution in [3.8, 4) is 17.5 Å². The minimum atomic E-state index is -0.270. The van der Waals surface area contributed by atoms with Crippen molar-refractivity contribution in [2.45, 2.75) is 20.8 Å². The molecule has 0 aliphatic rings. The molecule has 0 aliphatic heterocycles. The van der Waals surface area contributed by atoms with Gasteiger partial charge in [-0.3, -0.25) is 0 Å². The van der Waals surface area contributed by atoms with Gasteiger partial charge in [0.15, 0.2) is 0 Å². The maximum Gasteiger partial charge on any atom is 0.240 e. The minimum absolute atomic E-state index is 0.270. The number of nitrogens with zero attached hydrogens (tertiary/aromatic N) is 1. The fraction of sp³-hybridized carbons (Fsp3) is 0.312. The lowest BCUT2D eigenvalue weighted by molar-refractivity contribution is 0.260. The predicted molar refractivity (Wildman–Crippen MR) is 80.2 cm³/mol. The van der Waals surface area contributed by atoms with Gasteiger partial charge in [-0.25, -0.2) is 4.39 Å². The summed E-state index contributed by atoms with van der Waals surface area (Å²) in [5.74, 6) is 1.32. The minimum Gasteiger partial charge on any atom is -0.476 e. The number of aromatic nitrogens is 1. The molecular weight excluding hydrogens is 271 g/mol. The molecule has 0 fully saturated rings. The van der Waals surface area contributed by atoms with Crippen LogP contribution in [0.3, 0.4) is 0 Å². The highest BCUT2D eigenvalue weighted by molar-refractivity contribution is 5.49. The fourth-order valence-electron chi connectivity index (χ4n) is 1.65. The molecule has 0 radical (unpaired) electrons. The van der Waals surface area contributed by atoms with E-state index in [1.54, 1.807) is 31.2 Å². The molecule has 0 saturated heterocycles. The second-order valence-electron chi connectivity index (χ2n) is 5.26. The standard InChI is InChI=1S/C16H19FN2O2/c1-10(2)9-20-16-14(18)6-7-15(19-16)21-12-4-5-13(17)11(3)8-12/h4-8,10H,9,18H2,1-3H3. The van der Waals surface area contributed by atoms with Gasteiger partial charge in [-0.15, -0.1) is 0 Å². The lowest BCUT2D eigenvalue weighted by atomic mass is 10.2.